The van der Waals surface area contributed by atoms with Crippen LogP contribution in [0.15, 0.2) is 0 Å². The quantitative estimate of drug-likeness (QED) is 0.658. The lowest BCUT2D eigenvalue weighted by atomic mass is 9.64. The van der Waals surface area contributed by atoms with Crippen molar-refractivity contribution in [2.45, 2.75) is 31.3 Å². The SMILES string of the molecule is N#CC1(C2(O)CCNCC2)CCOCC1. The number of hydrogen-bond donors (Lipinski definition) is 2. The number of nitriles is 1. The number of ether oxygens (including phenoxy) is 1. The summed E-state index contributed by atoms with van der Waals surface area (Å²) in [6, 6.07) is 2.37. The number of hydrogen-bond acceptors (Lipinski definition) is 4. The summed E-state index contributed by atoms with van der Waals surface area (Å²) < 4.78 is 5.28. The van der Waals surface area contributed by atoms with Gasteiger partial charge in [-0.05, 0) is 38.8 Å². The highest BCUT2D eigenvalue weighted by atomic mass is 16.5. The van der Waals surface area contributed by atoms with E-state index >= 15 is 0 Å². The Kier molecular flexibility index (Phi) is 2.96. The zero-order valence-electron chi connectivity index (χ0n) is 8.96. The van der Waals surface area contributed by atoms with E-state index in [1.165, 1.54) is 0 Å². The van der Waals surface area contributed by atoms with Crippen molar-refractivity contribution in [3.05, 3.63) is 0 Å². The zero-order valence-corrected chi connectivity index (χ0v) is 8.96. The van der Waals surface area contributed by atoms with E-state index in [0.29, 0.717) is 38.9 Å². The summed E-state index contributed by atoms with van der Waals surface area (Å²) in [4.78, 5) is 0. The monoisotopic (exact) mass is 210 g/mol. The Balaban J connectivity index is 2.19. The molecule has 0 aromatic heterocycles. The first-order chi connectivity index (χ1) is 7.22. The first-order valence-corrected chi connectivity index (χ1v) is 5.65. The van der Waals surface area contributed by atoms with Crippen LogP contribution < -0.4 is 5.32 Å². The van der Waals surface area contributed by atoms with Crippen LogP contribution in [-0.2, 0) is 4.74 Å². The highest BCUT2D eigenvalue weighted by molar-refractivity contribution is 5.13. The minimum absolute atomic E-state index is 0.576. The Morgan fingerprint density at radius 2 is 1.73 bits per heavy atom. The number of nitrogens with one attached hydrogen (secondary N) is 1. The normalized spacial score (nSPS) is 29.3. The highest BCUT2D eigenvalue weighted by Gasteiger charge is 2.51. The van der Waals surface area contributed by atoms with Crippen molar-refractivity contribution in [1.29, 1.82) is 5.26 Å². The molecule has 2 rings (SSSR count). The van der Waals surface area contributed by atoms with Crippen molar-refractivity contribution in [3.8, 4) is 6.07 Å². The van der Waals surface area contributed by atoms with Crippen LogP contribution in [0.1, 0.15) is 25.7 Å². The summed E-state index contributed by atoms with van der Waals surface area (Å²) in [7, 11) is 0. The fourth-order valence-corrected chi connectivity index (χ4v) is 2.72. The van der Waals surface area contributed by atoms with Crippen molar-refractivity contribution < 1.29 is 9.84 Å². The van der Waals surface area contributed by atoms with E-state index in [1.54, 1.807) is 0 Å². The highest BCUT2D eigenvalue weighted by Crippen LogP contribution is 2.45. The van der Waals surface area contributed by atoms with Gasteiger partial charge in [-0.25, -0.2) is 0 Å². The summed E-state index contributed by atoms with van der Waals surface area (Å²) >= 11 is 0. The molecule has 0 saturated carbocycles. The lowest BCUT2D eigenvalue weighted by Gasteiger charge is -2.47. The van der Waals surface area contributed by atoms with Gasteiger partial charge in [-0.2, -0.15) is 5.26 Å². The van der Waals surface area contributed by atoms with Crippen molar-refractivity contribution >= 4 is 0 Å². The Morgan fingerprint density at radius 3 is 2.27 bits per heavy atom. The maximum absolute atomic E-state index is 10.6. The third-order valence-corrected chi connectivity index (χ3v) is 3.88. The van der Waals surface area contributed by atoms with Gasteiger partial charge in [-0.3, -0.25) is 0 Å². The number of aliphatic hydroxyl groups is 1. The molecule has 0 amide bonds. The van der Waals surface area contributed by atoms with E-state index in [-0.39, 0.29) is 0 Å². The predicted molar refractivity (Wildman–Crippen MR) is 55.2 cm³/mol. The molecule has 2 saturated heterocycles. The van der Waals surface area contributed by atoms with Crippen molar-refractivity contribution in [1.82, 2.24) is 5.32 Å². The van der Waals surface area contributed by atoms with E-state index in [4.69, 9.17) is 4.74 Å². The van der Waals surface area contributed by atoms with Crippen molar-refractivity contribution in [3.63, 3.8) is 0 Å². The molecule has 2 aliphatic heterocycles. The molecular weight excluding hydrogens is 192 g/mol. The molecule has 2 aliphatic rings. The summed E-state index contributed by atoms with van der Waals surface area (Å²) in [5, 5.41) is 23.2. The molecule has 15 heavy (non-hydrogen) atoms. The molecule has 2 fully saturated rings. The molecule has 0 spiro atoms. The van der Waals surface area contributed by atoms with Crippen LogP contribution in [0, 0.1) is 16.7 Å². The van der Waals surface area contributed by atoms with Crippen molar-refractivity contribution in [2.24, 2.45) is 5.41 Å². The Hall–Kier alpha value is -0.630. The van der Waals surface area contributed by atoms with Gasteiger partial charge in [0.05, 0.1) is 17.1 Å². The first kappa shape index (κ1) is 10.9. The van der Waals surface area contributed by atoms with E-state index in [0.717, 1.165) is 13.1 Å². The average Bonchev–Trinajstić information content (AvgIpc) is 2.31. The lowest BCUT2D eigenvalue weighted by molar-refractivity contribution is -0.118. The molecule has 0 aromatic carbocycles. The Morgan fingerprint density at radius 1 is 1.13 bits per heavy atom. The van der Waals surface area contributed by atoms with Crippen LogP contribution in [0.4, 0.5) is 0 Å². The number of piperidine rings is 1. The summed E-state index contributed by atoms with van der Waals surface area (Å²) in [5.74, 6) is 0. The molecule has 4 heteroatoms. The molecule has 0 bridgehead atoms. The summed E-state index contributed by atoms with van der Waals surface area (Å²) in [5.41, 5.74) is -1.38. The molecule has 2 N–H and O–H groups in total. The third-order valence-electron chi connectivity index (χ3n) is 3.88. The van der Waals surface area contributed by atoms with Crippen LogP contribution in [-0.4, -0.2) is 37.0 Å². The smallest absolute Gasteiger partial charge is 0.0904 e. The Labute approximate surface area is 90.2 Å². The van der Waals surface area contributed by atoms with E-state index in [9.17, 15) is 10.4 Å². The summed E-state index contributed by atoms with van der Waals surface area (Å²) in [6.07, 6.45) is 2.70. The van der Waals surface area contributed by atoms with Gasteiger partial charge in [-0.15, -0.1) is 0 Å². The minimum atomic E-state index is -0.809. The van der Waals surface area contributed by atoms with Crippen LogP contribution in [0.2, 0.25) is 0 Å². The maximum Gasteiger partial charge on any atom is 0.0904 e. The van der Waals surface area contributed by atoms with Gasteiger partial charge in [0, 0.05) is 13.2 Å². The molecule has 0 atom stereocenters. The summed E-state index contributed by atoms with van der Waals surface area (Å²) in [6.45, 7) is 2.81. The molecule has 4 nitrogen and oxygen atoms in total. The number of rotatable bonds is 1. The Bertz CT molecular complexity index is 260. The van der Waals surface area contributed by atoms with E-state index in [1.807, 2.05) is 0 Å². The molecule has 0 aliphatic carbocycles. The van der Waals surface area contributed by atoms with Gasteiger partial charge < -0.3 is 15.2 Å². The fourth-order valence-electron chi connectivity index (χ4n) is 2.72. The van der Waals surface area contributed by atoms with Crippen LogP contribution >= 0.6 is 0 Å². The first-order valence-electron chi connectivity index (χ1n) is 5.65. The second-order valence-electron chi connectivity index (χ2n) is 4.59. The molecule has 0 unspecified atom stereocenters. The van der Waals surface area contributed by atoms with Gasteiger partial charge in [0.15, 0.2) is 0 Å². The van der Waals surface area contributed by atoms with Gasteiger partial charge in [0.2, 0.25) is 0 Å². The maximum atomic E-state index is 10.6. The third kappa shape index (κ3) is 1.76. The number of nitrogens with zero attached hydrogens (tertiary/aromatic N) is 1. The van der Waals surface area contributed by atoms with Gasteiger partial charge in [-0.1, -0.05) is 0 Å². The van der Waals surface area contributed by atoms with Crippen molar-refractivity contribution in [2.75, 3.05) is 26.3 Å². The molecule has 0 radical (unpaired) electrons. The lowest BCUT2D eigenvalue weighted by Crippen LogP contribution is -2.55. The fraction of sp³-hybridized carbons (Fsp3) is 0.909. The zero-order chi connectivity index (χ0) is 10.8. The largest absolute Gasteiger partial charge is 0.388 e. The van der Waals surface area contributed by atoms with Gasteiger partial charge in [0.1, 0.15) is 0 Å². The topological polar surface area (TPSA) is 65.3 Å². The van der Waals surface area contributed by atoms with Gasteiger partial charge >= 0.3 is 0 Å². The minimum Gasteiger partial charge on any atom is -0.388 e. The second kappa shape index (κ2) is 4.09. The van der Waals surface area contributed by atoms with E-state index < -0.39 is 11.0 Å². The molecule has 0 aromatic rings. The van der Waals surface area contributed by atoms with Gasteiger partial charge in [0.25, 0.3) is 0 Å². The van der Waals surface area contributed by atoms with Crippen LogP contribution in [0.3, 0.4) is 0 Å². The molecular formula is C11H18N2O2. The van der Waals surface area contributed by atoms with Crippen LogP contribution in [0.5, 0.6) is 0 Å². The van der Waals surface area contributed by atoms with E-state index in [2.05, 4.69) is 11.4 Å². The van der Waals surface area contributed by atoms with Crippen LogP contribution in [0.25, 0.3) is 0 Å². The molecule has 84 valence electrons. The predicted octanol–water partition coefficient (Wildman–Crippen LogP) is 0.421. The molecule has 2 heterocycles. The average molecular weight is 210 g/mol. The standard InChI is InChI=1S/C11H18N2O2/c12-9-10(3-7-15-8-4-10)11(14)1-5-13-6-2-11/h13-14H,1-8H2. The second-order valence-corrected chi connectivity index (χ2v) is 4.59.